The fraction of sp³-hybridized carbons (Fsp3) is 0.158. The van der Waals surface area contributed by atoms with Gasteiger partial charge in [-0.1, -0.05) is 42.5 Å². The van der Waals surface area contributed by atoms with Crippen LogP contribution in [0.3, 0.4) is 0 Å². The summed E-state index contributed by atoms with van der Waals surface area (Å²) in [5.41, 5.74) is 4.43. The molecule has 126 valence electrons. The van der Waals surface area contributed by atoms with E-state index < -0.39 is 5.91 Å². The number of hydrogen-bond donors (Lipinski definition) is 1. The third-order valence-corrected chi connectivity index (χ3v) is 3.94. The normalized spacial score (nSPS) is 11.1. The largest absolute Gasteiger partial charge is 0.292 e. The van der Waals surface area contributed by atoms with Gasteiger partial charge in [-0.3, -0.25) is 9.59 Å². The molecule has 2 aromatic carbocycles. The zero-order chi connectivity index (χ0) is 17.8. The third kappa shape index (κ3) is 3.33. The van der Waals surface area contributed by atoms with Crippen molar-refractivity contribution in [3.05, 3.63) is 75.7 Å². The lowest BCUT2D eigenvalue weighted by Crippen LogP contribution is -2.28. The van der Waals surface area contributed by atoms with E-state index in [4.69, 9.17) is 0 Å². The third-order valence-electron chi connectivity index (χ3n) is 3.94. The van der Waals surface area contributed by atoms with Crippen LogP contribution in [0, 0.1) is 6.92 Å². The monoisotopic (exact) mass is 334 g/mol. The first-order chi connectivity index (χ1) is 12.1. The summed E-state index contributed by atoms with van der Waals surface area (Å²) >= 11 is 0. The number of hydrogen-bond acceptors (Lipinski definition) is 4. The number of nitrogens with zero attached hydrogens (tertiary/aromatic N) is 3. The Hall–Kier alpha value is -3.28. The lowest BCUT2D eigenvalue weighted by atomic mass is 10.1. The number of benzene rings is 2. The average Bonchev–Trinajstić information content (AvgIpc) is 2.64. The molecule has 1 aromatic heterocycles. The Balaban J connectivity index is 1.94. The van der Waals surface area contributed by atoms with Crippen molar-refractivity contribution in [1.82, 2.24) is 15.2 Å². The first-order valence-electron chi connectivity index (χ1n) is 8.00. The van der Waals surface area contributed by atoms with Crippen LogP contribution in [0.1, 0.15) is 28.5 Å². The minimum Gasteiger partial charge on any atom is -0.267 e. The van der Waals surface area contributed by atoms with Gasteiger partial charge >= 0.3 is 0 Å². The molecule has 0 fully saturated rings. The van der Waals surface area contributed by atoms with Crippen LogP contribution in [0.4, 0.5) is 0 Å². The maximum atomic E-state index is 12.5. The zero-order valence-corrected chi connectivity index (χ0v) is 14.1. The molecule has 0 saturated carbocycles. The number of hydrazone groups is 1. The van der Waals surface area contributed by atoms with E-state index in [9.17, 15) is 9.59 Å². The quantitative estimate of drug-likeness (QED) is 0.588. The molecule has 0 aliphatic carbocycles. The molecule has 6 heteroatoms. The molecule has 0 spiro atoms. The maximum absolute atomic E-state index is 12.5. The molecule has 0 aliphatic heterocycles. The summed E-state index contributed by atoms with van der Waals surface area (Å²) in [6.45, 7) is 4.16. The molecule has 3 aromatic rings. The molecule has 3 rings (SSSR count). The van der Waals surface area contributed by atoms with E-state index >= 15 is 0 Å². The van der Waals surface area contributed by atoms with Gasteiger partial charge in [0.25, 0.3) is 11.5 Å². The molecule has 1 N–H and O–H groups in total. The van der Waals surface area contributed by atoms with Crippen LogP contribution in [-0.2, 0) is 6.54 Å². The number of nitrogens with one attached hydrogen (secondary N) is 1. The number of rotatable bonds is 4. The second-order valence-electron chi connectivity index (χ2n) is 5.57. The number of carbonyl (C=O) groups is 1. The predicted octanol–water partition coefficient (Wildman–Crippen LogP) is 2.49. The van der Waals surface area contributed by atoms with Crippen molar-refractivity contribution in [2.24, 2.45) is 5.10 Å². The Morgan fingerprint density at radius 2 is 1.84 bits per heavy atom. The summed E-state index contributed by atoms with van der Waals surface area (Å²) in [4.78, 5) is 24.8. The van der Waals surface area contributed by atoms with Crippen molar-refractivity contribution in [3.63, 3.8) is 0 Å². The summed E-state index contributed by atoms with van der Waals surface area (Å²) in [6.07, 6.45) is 1.59. The van der Waals surface area contributed by atoms with Crippen molar-refractivity contribution in [1.29, 1.82) is 0 Å². The fourth-order valence-corrected chi connectivity index (χ4v) is 2.56. The topological polar surface area (TPSA) is 76.3 Å². The van der Waals surface area contributed by atoms with E-state index in [1.165, 1.54) is 4.68 Å². The number of aryl methyl sites for hydroxylation is 2. The van der Waals surface area contributed by atoms with Crippen molar-refractivity contribution >= 4 is 22.9 Å². The van der Waals surface area contributed by atoms with Gasteiger partial charge in [-0.25, -0.2) is 10.1 Å². The van der Waals surface area contributed by atoms with Gasteiger partial charge in [-0.15, -0.1) is 0 Å². The van der Waals surface area contributed by atoms with Crippen LogP contribution < -0.4 is 11.0 Å². The van der Waals surface area contributed by atoms with Gasteiger partial charge in [0, 0.05) is 11.9 Å². The van der Waals surface area contributed by atoms with Crippen molar-refractivity contribution < 1.29 is 4.79 Å². The van der Waals surface area contributed by atoms with Crippen molar-refractivity contribution in [3.8, 4) is 0 Å². The molecular formula is C19H18N4O2. The van der Waals surface area contributed by atoms with Crippen LogP contribution in [-0.4, -0.2) is 21.9 Å². The summed E-state index contributed by atoms with van der Waals surface area (Å²) < 4.78 is 1.28. The Labute approximate surface area is 144 Å². The van der Waals surface area contributed by atoms with Gasteiger partial charge in [0.2, 0.25) is 0 Å². The van der Waals surface area contributed by atoms with E-state index in [0.717, 1.165) is 11.1 Å². The Morgan fingerprint density at radius 1 is 1.16 bits per heavy atom. The van der Waals surface area contributed by atoms with Crippen LogP contribution in [0.2, 0.25) is 0 Å². The molecular weight excluding hydrogens is 316 g/mol. The van der Waals surface area contributed by atoms with Crippen molar-refractivity contribution in [2.45, 2.75) is 20.4 Å². The highest BCUT2D eigenvalue weighted by molar-refractivity contribution is 6.05. The van der Waals surface area contributed by atoms with Gasteiger partial charge in [-0.05, 0) is 31.0 Å². The molecule has 0 saturated heterocycles. The number of carbonyl (C=O) groups excluding carboxylic acids is 1. The second kappa shape index (κ2) is 7.09. The minimum atomic E-state index is -0.455. The van der Waals surface area contributed by atoms with E-state index in [2.05, 4.69) is 15.6 Å². The van der Waals surface area contributed by atoms with Gasteiger partial charge in [0.15, 0.2) is 5.69 Å². The highest BCUT2D eigenvalue weighted by Gasteiger charge is 2.15. The molecule has 0 atom stereocenters. The molecule has 1 amide bonds. The SMILES string of the molecule is CCn1nc(C(=O)N/N=C\c2ccccc2C)c2ccccc2c1=O. The molecule has 6 nitrogen and oxygen atoms in total. The summed E-state index contributed by atoms with van der Waals surface area (Å²) in [6, 6.07) is 14.7. The molecule has 0 bridgehead atoms. The predicted molar refractivity (Wildman–Crippen MR) is 97.9 cm³/mol. The Morgan fingerprint density at radius 3 is 2.56 bits per heavy atom. The van der Waals surface area contributed by atoms with Crippen LogP contribution in [0.15, 0.2) is 58.4 Å². The summed E-state index contributed by atoms with van der Waals surface area (Å²) in [7, 11) is 0. The molecule has 25 heavy (non-hydrogen) atoms. The zero-order valence-electron chi connectivity index (χ0n) is 14.1. The minimum absolute atomic E-state index is 0.180. The maximum Gasteiger partial charge on any atom is 0.292 e. The summed E-state index contributed by atoms with van der Waals surface area (Å²) in [5, 5.41) is 9.17. The van der Waals surface area contributed by atoms with E-state index in [0.29, 0.717) is 17.3 Å². The van der Waals surface area contributed by atoms with Crippen LogP contribution >= 0.6 is 0 Å². The first kappa shape index (κ1) is 16.6. The van der Waals surface area contributed by atoms with Crippen LogP contribution in [0.25, 0.3) is 10.8 Å². The van der Waals surface area contributed by atoms with Crippen LogP contribution in [0.5, 0.6) is 0 Å². The van der Waals surface area contributed by atoms with E-state index in [1.54, 1.807) is 37.4 Å². The second-order valence-corrected chi connectivity index (χ2v) is 5.57. The Kier molecular flexibility index (Phi) is 4.70. The standard InChI is InChI=1S/C19H18N4O2/c1-3-23-19(25)16-11-7-6-10-15(16)17(22-23)18(24)21-20-12-14-9-5-4-8-13(14)2/h4-12H,3H2,1-2H3,(H,21,24)/b20-12-. The molecule has 0 radical (unpaired) electrons. The summed E-state index contributed by atoms with van der Waals surface area (Å²) in [5.74, 6) is -0.455. The van der Waals surface area contributed by atoms with E-state index in [-0.39, 0.29) is 11.3 Å². The smallest absolute Gasteiger partial charge is 0.267 e. The van der Waals surface area contributed by atoms with Gasteiger partial charge in [-0.2, -0.15) is 10.2 Å². The number of fused-ring (bicyclic) bond motifs is 1. The van der Waals surface area contributed by atoms with E-state index in [1.807, 2.05) is 31.2 Å². The fourth-order valence-electron chi connectivity index (χ4n) is 2.56. The number of amides is 1. The van der Waals surface area contributed by atoms with Gasteiger partial charge in [0.05, 0.1) is 11.6 Å². The lowest BCUT2D eigenvalue weighted by Gasteiger charge is -2.08. The van der Waals surface area contributed by atoms with Crippen molar-refractivity contribution in [2.75, 3.05) is 0 Å². The van der Waals surface area contributed by atoms with Gasteiger partial charge in [0.1, 0.15) is 0 Å². The molecule has 0 aliphatic rings. The molecule has 0 unspecified atom stereocenters. The molecule has 1 heterocycles. The lowest BCUT2D eigenvalue weighted by molar-refractivity contribution is 0.0949. The highest BCUT2D eigenvalue weighted by atomic mass is 16.2. The number of aromatic nitrogens is 2. The average molecular weight is 334 g/mol. The highest BCUT2D eigenvalue weighted by Crippen LogP contribution is 2.13. The van der Waals surface area contributed by atoms with Gasteiger partial charge < -0.3 is 0 Å². The Bertz CT molecular complexity index is 1020. The first-order valence-corrected chi connectivity index (χ1v) is 8.00.